The summed E-state index contributed by atoms with van der Waals surface area (Å²) in [6.07, 6.45) is 3.20. The first-order valence-corrected chi connectivity index (χ1v) is 6.16. The predicted octanol–water partition coefficient (Wildman–Crippen LogP) is 1.16. The summed E-state index contributed by atoms with van der Waals surface area (Å²) < 4.78 is 1.59. The number of aliphatic carboxylic acids is 1. The van der Waals surface area contributed by atoms with Crippen LogP contribution >= 0.6 is 0 Å². The molecule has 1 N–H and O–H groups in total. The monoisotopic (exact) mass is 267 g/mol. The van der Waals surface area contributed by atoms with Gasteiger partial charge < -0.3 is 14.6 Å². The van der Waals surface area contributed by atoms with Crippen molar-refractivity contribution in [2.75, 3.05) is 18.5 Å². The Kier molecular flexibility index (Phi) is 4.34. The highest BCUT2D eigenvalue weighted by atomic mass is 16.4. The van der Waals surface area contributed by atoms with E-state index in [1.165, 1.54) is 0 Å². The maximum atomic E-state index is 12.3. The number of carboxylic acids is 1. The van der Waals surface area contributed by atoms with Crippen molar-refractivity contribution < 1.29 is 9.90 Å². The lowest BCUT2D eigenvalue weighted by Crippen LogP contribution is -2.39. The lowest BCUT2D eigenvalue weighted by Gasteiger charge is -2.25. The van der Waals surface area contributed by atoms with Gasteiger partial charge in [-0.15, -0.1) is 0 Å². The molecule has 0 fully saturated rings. The Morgan fingerprint density at radius 2 is 2.11 bits per heavy atom. The minimum Gasteiger partial charge on any atom is -0.481 e. The van der Waals surface area contributed by atoms with Crippen LogP contribution in [-0.4, -0.2) is 34.2 Å². The molecule has 0 aliphatic heterocycles. The summed E-state index contributed by atoms with van der Waals surface area (Å²) in [6, 6.07) is 0. The Bertz CT molecular complexity index is 517. The number of nitrogens with zero attached hydrogens (tertiary/aromatic N) is 3. The highest BCUT2D eigenvalue weighted by molar-refractivity contribution is 5.70. The summed E-state index contributed by atoms with van der Waals surface area (Å²) in [5, 5.41) is 8.90. The molecule has 1 atom stereocenters. The van der Waals surface area contributed by atoms with Gasteiger partial charge in [-0.1, -0.05) is 6.92 Å². The van der Waals surface area contributed by atoms with E-state index in [4.69, 9.17) is 5.11 Å². The Hall–Kier alpha value is -1.85. The number of carbonyl (C=O) groups is 1. The van der Waals surface area contributed by atoms with Crippen molar-refractivity contribution in [2.24, 2.45) is 5.92 Å². The average Bonchev–Trinajstić information content (AvgIpc) is 2.27. The fourth-order valence-corrected chi connectivity index (χ4v) is 1.77. The van der Waals surface area contributed by atoms with Crippen LogP contribution in [0.5, 0.6) is 0 Å². The molecule has 0 aliphatic rings. The predicted molar refractivity (Wildman–Crippen MR) is 73.6 cm³/mol. The number of rotatable bonds is 4. The molecule has 1 aromatic rings. The largest absolute Gasteiger partial charge is 0.481 e. The van der Waals surface area contributed by atoms with Crippen LogP contribution < -0.4 is 10.5 Å². The van der Waals surface area contributed by atoms with E-state index < -0.39 is 11.9 Å². The summed E-state index contributed by atoms with van der Waals surface area (Å²) in [6.45, 7) is 7.63. The normalized spacial score (nSPS) is 13.1. The number of hydrogen-bond donors (Lipinski definition) is 1. The molecule has 0 bridgehead atoms. The molecule has 1 heterocycles. The van der Waals surface area contributed by atoms with Crippen LogP contribution in [0.25, 0.3) is 0 Å². The zero-order chi connectivity index (χ0) is 14.8. The fourth-order valence-electron chi connectivity index (χ4n) is 1.77. The summed E-state index contributed by atoms with van der Waals surface area (Å²) in [5.74, 6) is -1.18. The molecule has 0 aromatic carbocycles. The number of hydrogen-bond acceptors (Lipinski definition) is 4. The van der Waals surface area contributed by atoms with Crippen LogP contribution in [0.2, 0.25) is 0 Å². The third kappa shape index (κ3) is 3.56. The van der Waals surface area contributed by atoms with Crippen molar-refractivity contribution in [3.8, 4) is 0 Å². The van der Waals surface area contributed by atoms with E-state index in [1.54, 1.807) is 35.8 Å². The fraction of sp³-hybridized carbons (Fsp3) is 0.615. The summed E-state index contributed by atoms with van der Waals surface area (Å²) >= 11 is 0. The van der Waals surface area contributed by atoms with Crippen LogP contribution in [-0.2, 0) is 10.3 Å². The van der Waals surface area contributed by atoms with Gasteiger partial charge in [-0.05, 0) is 20.8 Å². The van der Waals surface area contributed by atoms with Gasteiger partial charge in [-0.3, -0.25) is 9.59 Å². The van der Waals surface area contributed by atoms with E-state index >= 15 is 0 Å². The summed E-state index contributed by atoms with van der Waals surface area (Å²) in [7, 11) is 1.68. The lowest BCUT2D eigenvalue weighted by molar-refractivity contribution is -0.140. The van der Waals surface area contributed by atoms with E-state index in [0.717, 1.165) is 0 Å². The van der Waals surface area contributed by atoms with Gasteiger partial charge >= 0.3 is 5.97 Å². The van der Waals surface area contributed by atoms with E-state index in [0.29, 0.717) is 0 Å². The standard InChI is InChI=1S/C13H21N3O3/c1-9(12(18)19)8-15(5)10-11(17)16(7-6-14-10)13(2,3)4/h6-7,9H,8H2,1-5H3,(H,18,19). The van der Waals surface area contributed by atoms with Gasteiger partial charge in [0.1, 0.15) is 0 Å². The van der Waals surface area contributed by atoms with E-state index in [-0.39, 0.29) is 23.5 Å². The molecular weight excluding hydrogens is 246 g/mol. The first-order valence-electron chi connectivity index (χ1n) is 6.16. The van der Waals surface area contributed by atoms with Crippen LogP contribution in [0.3, 0.4) is 0 Å². The second kappa shape index (κ2) is 5.42. The lowest BCUT2D eigenvalue weighted by atomic mass is 10.1. The second-order valence-corrected chi connectivity index (χ2v) is 5.72. The number of carboxylic acid groups (broad SMARTS) is 1. The Balaban J connectivity index is 3.09. The van der Waals surface area contributed by atoms with Gasteiger partial charge in [-0.2, -0.15) is 0 Å². The minimum absolute atomic E-state index is 0.213. The molecule has 6 heteroatoms. The smallest absolute Gasteiger partial charge is 0.308 e. The van der Waals surface area contributed by atoms with Gasteiger partial charge in [0.15, 0.2) is 5.82 Å². The van der Waals surface area contributed by atoms with Gasteiger partial charge in [0.05, 0.1) is 5.92 Å². The van der Waals surface area contributed by atoms with Crippen molar-refractivity contribution in [3.05, 3.63) is 22.7 Å². The molecule has 1 unspecified atom stereocenters. The molecule has 0 saturated heterocycles. The van der Waals surface area contributed by atoms with E-state index in [1.807, 2.05) is 20.8 Å². The van der Waals surface area contributed by atoms with Crippen molar-refractivity contribution in [3.63, 3.8) is 0 Å². The molecule has 6 nitrogen and oxygen atoms in total. The Morgan fingerprint density at radius 1 is 1.53 bits per heavy atom. The van der Waals surface area contributed by atoms with Crippen LogP contribution in [0.4, 0.5) is 5.82 Å². The zero-order valence-corrected chi connectivity index (χ0v) is 12.0. The van der Waals surface area contributed by atoms with Crippen LogP contribution in [0.15, 0.2) is 17.2 Å². The summed E-state index contributed by atoms with van der Waals surface area (Å²) in [5.41, 5.74) is -0.552. The van der Waals surface area contributed by atoms with Gasteiger partial charge in [0.25, 0.3) is 5.56 Å². The quantitative estimate of drug-likeness (QED) is 0.885. The second-order valence-electron chi connectivity index (χ2n) is 5.72. The number of anilines is 1. The maximum absolute atomic E-state index is 12.3. The first-order chi connectivity index (χ1) is 8.64. The Morgan fingerprint density at radius 3 is 2.58 bits per heavy atom. The molecule has 0 saturated carbocycles. The van der Waals surface area contributed by atoms with Gasteiger partial charge in [-0.25, -0.2) is 4.98 Å². The molecule has 106 valence electrons. The van der Waals surface area contributed by atoms with Crippen molar-refractivity contribution >= 4 is 11.8 Å². The van der Waals surface area contributed by atoms with E-state index in [9.17, 15) is 9.59 Å². The van der Waals surface area contributed by atoms with Crippen molar-refractivity contribution in [1.82, 2.24) is 9.55 Å². The molecule has 0 spiro atoms. The highest BCUT2D eigenvalue weighted by Gasteiger charge is 2.20. The van der Waals surface area contributed by atoms with Crippen molar-refractivity contribution in [1.29, 1.82) is 0 Å². The Labute approximate surface area is 112 Å². The van der Waals surface area contributed by atoms with Crippen molar-refractivity contribution in [2.45, 2.75) is 33.2 Å². The van der Waals surface area contributed by atoms with Crippen LogP contribution in [0, 0.1) is 5.92 Å². The first kappa shape index (κ1) is 15.2. The highest BCUT2D eigenvalue weighted by Crippen LogP contribution is 2.12. The van der Waals surface area contributed by atoms with E-state index in [2.05, 4.69) is 4.98 Å². The molecule has 1 rings (SSSR count). The molecule has 0 radical (unpaired) electrons. The maximum Gasteiger partial charge on any atom is 0.308 e. The molecule has 19 heavy (non-hydrogen) atoms. The zero-order valence-electron chi connectivity index (χ0n) is 12.0. The van der Waals surface area contributed by atoms with Gasteiger partial charge in [0, 0.05) is 31.5 Å². The minimum atomic E-state index is -0.890. The molecule has 1 aromatic heterocycles. The average molecular weight is 267 g/mol. The topological polar surface area (TPSA) is 75.4 Å². The third-order valence-corrected chi connectivity index (χ3v) is 2.88. The third-order valence-electron chi connectivity index (χ3n) is 2.88. The molecule has 0 amide bonds. The van der Waals surface area contributed by atoms with Crippen LogP contribution in [0.1, 0.15) is 27.7 Å². The SMILES string of the molecule is CC(CN(C)c1nccn(C(C)(C)C)c1=O)C(=O)O. The molecule has 0 aliphatic carbocycles. The number of aromatic nitrogens is 2. The van der Waals surface area contributed by atoms with Gasteiger partial charge in [0.2, 0.25) is 0 Å². The summed E-state index contributed by atoms with van der Waals surface area (Å²) in [4.78, 5) is 28.8. The molecular formula is C13H21N3O3.